The molecule has 11 heteroatoms. The SMILES string of the molecule is Cn1cc([S+]([O-])NCC(F)(F)F)cc1C(=O)Nc1ccc(F)c(F)c1. The third kappa shape index (κ3) is 5.18. The summed E-state index contributed by atoms with van der Waals surface area (Å²) in [6, 6.07) is 3.88. The molecule has 1 aromatic heterocycles. The fraction of sp³-hybridized carbons (Fsp3) is 0.214. The molecule has 0 aliphatic rings. The van der Waals surface area contributed by atoms with Gasteiger partial charge in [0, 0.05) is 24.9 Å². The number of alkyl halides is 3. The van der Waals surface area contributed by atoms with Gasteiger partial charge in [-0.2, -0.15) is 13.2 Å². The molecule has 0 saturated heterocycles. The molecule has 0 aliphatic heterocycles. The predicted octanol–water partition coefficient (Wildman–Crippen LogP) is 2.73. The molecule has 5 nitrogen and oxygen atoms in total. The van der Waals surface area contributed by atoms with Gasteiger partial charge in [-0.05, 0) is 12.1 Å². The molecule has 1 atom stereocenters. The number of carbonyl (C=O) groups excluding carboxylic acids is 1. The van der Waals surface area contributed by atoms with Crippen LogP contribution in [0, 0.1) is 11.6 Å². The Balaban J connectivity index is 2.10. The largest absolute Gasteiger partial charge is 0.593 e. The van der Waals surface area contributed by atoms with E-state index in [1.54, 1.807) is 4.72 Å². The number of nitrogens with one attached hydrogen (secondary N) is 2. The Morgan fingerprint density at radius 3 is 2.52 bits per heavy atom. The average Bonchev–Trinajstić information content (AvgIpc) is 2.90. The fourth-order valence-corrected chi connectivity index (χ4v) is 2.80. The van der Waals surface area contributed by atoms with E-state index in [1.807, 2.05) is 0 Å². The van der Waals surface area contributed by atoms with Crippen LogP contribution in [0.1, 0.15) is 10.5 Å². The molecule has 0 saturated carbocycles. The number of hydrogen-bond donors (Lipinski definition) is 2. The van der Waals surface area contributed by atoms with Crippen LogP contribution in [0.4, 0.5) is 27.6 Å². The Morgan fingerprint density at radius 1 is 1.24 bits per heavy atom. The number of nitrogens with zero attached hydrogens (tertiary/aromatic N) is 1. The molecule has 0 aliphatic carbocycles. The zero-order valence-corrected chi connectivity index (χ0v) is 13.5. The van der Waals surface area contributed by atoms with E-state index in [0.717, 1.165) is 24.3 Å². The van der Waals surface area contributed by atoms with Gasteiger partial charge in [0.1, 0.15) is 12.2 Å². The van der Waals surface area contributed by atoms with Crippen molar-refractivity contribution in [2.24, 2.45) is 7.05 Å². The number of hydrogen-bond acceptors (Lipinski definition) is 3. The highest BCUT2D eigenvalue weighted by molar-refractivity contribution is 7.89. The van der Waals surface area contributed by atoms with Crippen molar-refractivity contribution in [2.45, 2.75) is 11.1 Å². The summed E-state index contributed by atoms with van der Waals surface area (Å²) in [7, 11) is 1.42. The number of benzene rings is 1. The van der Waals surface area contributed by atoms with Crippen molar-refractivity contribution in [1.82, 2.24) is 9.29 Å². The van der Waals surface area contributed by atoms with Crippen molar-refractivity contribution in [3.05, 3.63) is 47.8 Å². The summed E-state index contributed by atoms with van der Waals surface area (Å²) in [6.07, 6.45) is -3.31. The van der Waals surface area contributed by atoms with Gasteiger partial charge in [0.2, 0.25) is 0 Å². The lowest BCUT2D eigenvalue weighted by Gasteiger charge is -2.10. The Bertz CT molecular complexity index is 778. The molecule has 136 valence electrons. The van der Waals surface area contributed by atoms with Gasteiger partial charge in [-0.1, -0.05) is 0 Å². The summed E-state index contributed by atoms with van der Waals surface area (Å²) < 4.78 is 77.2. The van der Waals surface area contributed by atoms with Crippen molar-refractivity contribution in [3.63, 3.8) is 0 Å². The minimum Gasteiger partial charge on any atom is -0.593 e. The third-order valence-corrected chi connectivity index (χ3v) is 4.07. The molecule has 1 amide bonds. The molecular weight excluding hydrogens is 369 g/mol. The number of amides is 1. The Labute approximate surface area is 142 Å². The van der Waals surface area contributed by atoms with E-state index in [0.29, 0.717) is 0 Å². The van der Waals surface area contributed by atoms with Crippen LogP contribution < -0.4 is 10.0 Å². The summed E-state index contributed by atoms with van der Waals surface area (Å²) in [5, 5.41) is 2.31. The van der Waals surface area contributed by atoms with Gasteiger partial charge < -0.3 is 14.4 Å². The summed E-state index contributed by atoms with van der Waals surface area (Å²) in [4.78, 5) is 12.1. The Morgan fingerprint density at radius 2 is 1.92 bits per heavy atom. The fourth-order valence-electron chi connectivity index (χ4n) is 1.86. The normalized spacial score (nSPS) is 12.9. The summed E-state index contributed by atoms with van der Waals surface area (Å²) >= 11 is -2.17. The number of halogens is 5. The molecule has 0 fully saturated rings. The maximum absolute atomic E-state index is 13.1. The van der Waals surface area contributed by atoms with Crippen LogP contribution in [0.5, 0.6) is 0 Å². The highest BCUT2D eigenvalue weighted by Gasteiger charge is 2.30. The van der Waals surface area contributed by atoms with Gasteiger partial charge in [0.15, 0.2) is 16.5 Å². The summed E-state index contributed by atoms with van der Waals surface area (Å²) in [5.41, 5.74) is -0.0372. The van der Waals surface area contributed by atoms with Crippen molar-refractivity contribution < 1.29 is 31.3 Å². The highest BCUT2D eigenvalue weighted by Crippen LogP contribution is 2.19. The number of aryl methyl sites for hydroxylation is 1. The molecule has 25 heavy (non-hydrogen) atoms. The van der Waals surface area contributed by atoms with E-state index in [-0.39, 0.29) is 16.3 Å². The van der Waals surface area contributed by atoms with Gasteiger partial charge in [0.25, 0.3) is 5.91 Å². The van der Waals surface area contributed by atoms with Crippen molar-refractivity contribution >= 4 is 23.0 Å². The predicted molar refractivity (Wildman–Crippen MR) is 80.2 cm³/mol. The Kier molecular flexibility index (Phi) is 5.70. The van der Waals surface area contributed by atoms with Gasteiger partial charge in [0.05, 0.1) is 17.6 Å². The highest BCUT2D eigenvalue weighted by atomic mass is 32.2. The zero-order valence-electron chi connectivity index (χ0n) is 12.7. The van der Waals surface area contributed by atoms with Crippen LogP contribution in [0.2, 0.25) is 0 Å². The van der Waals surface area contributed by atoms with Gasteiger partial charge in [-0.3, -0.25) is 4.79 Å². The summed E-state index contributed by atoms with van der Waals surface area (Å²) in [5.74, 6) is -2.96. The van der Waals surface area contributed by atoms with E-state index in [9.17, 15) is 31.3 Å². The minimum absolute atomic E-state index is 0.0111. The molecule has 2 rings (SSSR count). The van der Waals surface area contributed by atoms with Gasteiger partial charge in [-0.25, -0.2) is 8.78 Å². The topological polar surface area (TPSA) is 69.1 Å². The van der Waals surface area contributed by atoms with Crippen LogP contribution in [-0.2, 0) is 18.4 Å². The molecule has 1 unspecified atom stereocenters. The number of anilines is 1. The lowest BCUT2D eigenvalue weighted by molar-refractivity contribution is -0.121. The molecule has 0 radical (unpaired) electrons. The van der Waals surface area contributed by atoms with Gasteiger partial charge >= 0.3 is 6.18 Å². The second-order valence-corrected chi connectivity index (χ2v) is 6.26. The van der Waals surface area contributed by atoms with Crippen molar-refractivity contribution in [1.29, 1.82) is 0 Å². The van der Waals surface area contributed by atoms with Crippen LogP contribution >= 0.6 is 0 Å². The molecular formula is C14H12F5N3O2S. The van der Waals surface area contributed by atoms with E-state index in [1.165, 1.54) is 17.8 Å². The first-order valence-corrected chi connectivity index (χ1v) is 7.86. The van der Waals surface area contributed by atoms with Crippen LogP contribution in [0.3, 0.4) is 0 Å². The van der Waals surface area contributed by atoms with E-state index in [4.69, 9.17) is 0 Å². The van der Waals surface area contributed by atoms with E-state index < -0.39 is 41.6 Å². The average molecular weight is 381 g/mol. The smallest absolute Gasteiger partial charge is 0.405 e. The maximum atomic E-state index is 13.1. The molecule has 0 bridgehead atoms. The first kappa shape index (κ1) is 19.2. The molecule has 1 aromatic carbocycles. The Hall–Kier alpha value is -2.11. The van der Waals surface area contributed by atoms with Crippen LogP contribution in [0.15, 0.2) is 35.4 Å². The van der Waals surface area contributed by atoms with Crippen LogP contribution in [0.25, 0.3) is 0 Å². The first-order chi connectivity index (χ1) is 11.6. The molecule has 0 spiro atoms. The van der Waals surface area contributed by atoms with Crippen molar-refractivity contribution in [3.8, 4) is 0 Å². The van der Waals surface area contributed by atoms with E-state index >= 15 is 0 Å². The first-order valence-electron chi connectivity index (χ1n) is 6.71. The second kappa shape index (κ2) is 7.42. The monoisotopic (exact) mass is 381 g/mol. The number of aromatic nitrogens is 1. The van der Waals surface area contributed by atoms with Crippen LogP contribution in [-0.4, -0.2) is 27.7 Å². The number of rotatable bonds is 5. The number of carbonyl (C=O) groups is 1. The van der Waals surface area contributed by atoms with E-state index in [2.05, 4.69) is 5.32 Å². The zero-order chi connectivity index (χ0) is 18.8. The molecule has 2 aromatic rings. The lowest BCUT2D eigenvalue weighted by atomic mass is 10.3. The second-order valence-electron chi connectivity index (χ2n) is 4.96. The molecule has 1 heterocycles. The maximum Gasteiger partial charge on any atom is 0.405 e. The van der Waals surface area contributed by atoms with Gasteiger partial charge in [-0.15, -0.1) is 4.72 Å². The van der Waals surface area contributed by atoms with Crippen molar-refractivity contribution in [2.75, 3.05) is 11.9 Å². The summed E-state index contributed by atoms with van der Waals surface area (Å²) in [6.45, 7) is -1.45. The lowest BCUT2D eigenvalue weighted by Crippen LogP contribution is -2.33. The molecule has 2 N–H and O–H groups in total. The third-order valence-electron chi connectivity index (χ3n) is 3.01. The standard InChI is InChI=1S/C14H12F5N3O2S/c1-22-6-9(25(24)20-7-14(17,18)19)5-12(22)13(23)21-8-2-3-10(15)11(16)4-8/h2-6,20H,7H2,1H3,(H,21,23). The quantitative estimate of drug-likeness (QED) is 0.618. The minimum atomic E-state index is -4.53.